The van der Waals surface area contributed by atoms with Crippen molar-refractivity contribution in [3.8, 4) is 39.7 Å². The third-order valence-corrected chi connectivity index (χ3v) is 14.2. The van der Waals surface area contributed by atoms with E-state index in [0.717, 1.165) is 35.2 Å². The van der Waals surface area contributed by atoms with E-state index in [9.17, 15) is 28.4 Å². The van der Waals surface area contributed by atoms with Gasteiger partial charge >= 0.3 is 5.69 Å². The molecule has 1 amide bonds. The zero-order chi connectivity index (χ0) is 40.5. The summed E-state index contributed by atoms with van der Waals surface area (Å²) >= 11 is 7.17. The molecule has 0 spiro atoms. The predicted molar refractivity (Wildman–Crippen MR) is 216 cm³/mol. The number of nitro benzene ring substituents is 1. The number of hydrogen-bond acceptors (Lipinski definition) is 13. The van der Waals surface area contributed by atoms with Crippen LogP contribution in [0.2, 0.25) is 5.02 Å². The first-order valence-corrected chi connectivity index (χ1v) is 21.4. The molecule has 0 radical (unpaired) electrons. The largest absolute Gasteiger partial charge is 0.480 e. The monoisotopic (exact) mass is 827 g/mol. The van der Waals surface area contributed by atoms with Crippen molar-refractivity contribution in [2.75, 3.05) is 33.3 Å². The molecule has 2 aliphatic carbocycles. The van der Waals surface area contributed by atoms with Gasteiger partial charge in [-0.15, -0.1) is 0 Å². The Hall–Kier alpha value is -5.00. The van der Waals surface area contributed by atoms with Crippen LogP contribution in [0.1, 0.15) is 60.5 Å². The summed E-state index contributed by atoms with van der Waals surface area (Å²) in [5.74, 6) is -0.425. The maximum absolute atomic E-state index is 12.9. The number of methoxy groups -OCH3 is 1. The minimum absolute atomic E-state index is 0.0693. The summed E-state index contributed by atoms with van der Waals surface area (Å²) in [5, 5.41) is 22.5. The van der Waals surface area contributed by atoms with Crippen LogP contribution in [0.3, 0.4) is 0 Å². The molecule has 2 N–H and O–H groups in total. The number of oxazole rings is 1. The predicted octanol–water partition coefficient (Wildman–Crippen LogP) is 5.98. The van der Waals surface area contributed by atoms with E-state index in [2.05, 4.69) is 14.5 Å². The van der Waals surface area contributed by atoms with Crippen molar-refractivity contribution in [3.05, 3.63) is 86.2 Å². The van der Waals surface area contributed by atoms with E-state index in [-0.39, 0.29) is 29.3 Å². The second kappa shape index (κ2) is 15.0. The third kappa shape index (κ3) is 7.00. The van der Waals surface area contributed by atoms with Gasteiger partial charge in [0.05, 0.1) is 51.8 Å². The summed E-state index contributed by atoms with van der Waals surface area (Å²) in [7, 11) is -2.09. The molecule has 4 heterocycles. The number of carbonyl (C=O) groups is 1. The standard InChI is InChI=1S/C41H42ClN7O8S/c1-22-26(5-3-6-27(22)33-18-43-34(41(45-33)56-2)21-47-15-14-24(50)20-47)28-7-4-8-30(36(28)42)40-44-32-17-31-29(37(49(52)53)38(32)57-40)11-12-35(31)48-16-13-23(19-48)39(51)46-58(54,55)25-9-10-25/h3-8,17-18,23-25,35,50H,9-16,19-21H2,1-2H3,(H,46,51)/t23-,24-,35-/m1/s1. The van der Waals surface area contributed by atoms with Gasteiger partial charge in [0.25, 0.3) is 0 Å². The van der Waals surface area contributed by atoms with Gasteiger partial charge in [0.15, 0.2) is 0 Å². The van der Waals surface area contributed by atoms with Crippen molar-refractivity contribution in [2.45, 2.75) is 69.4 Å². The summed E-state index contributed by atoms with van der Waals surface area (Å²) in [5.41, 5.74) is 6.67. The number of aliphatic hydroxyl groups is 1. The second-order valence-electron chi connectivity index (χ2n) is 15.7. The topological polar surface area (TPSA) is 194 Å². The lowest BCUT2D eigenvalue weighted by atomic mass is 9.94. The van der Waals surface area contributed by atoms with Gasteiger partial charge in [0.1, 0.15) is 11.2 Å². The molecule has 3 aromatic carbocycles. The molecular weight excluding hydrogens is 786 g/mol. The fourth-order valence-electron chi connectivity index (χ4n) is 8.84. The van der Waals surface area contributed by atoms with Gasteiger partial charge in [-0.25, -0.2) is 18.4 Å². The van der Waals surface area contributed by atoms with E-state index >= 15 is 0 Å². The van der Waals surface area contributed by atoms with Crippen molar-refractivity contribution in [1.29, 1.82) is 0 Å². The molecule has 5 aromatic rings. The third-order valence-electron chi connectivity index (χ3n) is 12.0. The molecule has 58 heavy (non-hydrogen) atoms. The molecule has 3 atom stereocenters. The molecule has 3 fully saturated rings. The van der Waals surface area contributed by atoms with E-state index in [4.69, 9.17) is 35.7 Å². The normalized spacial score (nSPS) is 21.1. The van der Waals surface area contributed by atoms with Gasteiger partial charge in [-0.3, -0.25) is 34.4 Å². The number of nitro groups is 1. The number of nitrogens with zero attached hydrogens (tertiary/aromatic N) is 6. The Kier molecular flexibility index (Phi) is 9.95. The zero-order valence-electron chi connectivity index (χ0n) is 32.0. The Morgan fingerprint density at radius 3 is 2.53 bits per heavy atom. The first kappa shape index (κ1) is 38.5. The summed E-state index contributed by atoms with van der Waals surface area (Å²) in [4.78, 5) is 43.7. The van der Waals surface area contributed by atoms with E-state index < -0.39 is 32.0 Å². The van der Waals surface area contributed by atoms with Crippen LogP contribution < -0.4 is 9.46 Å². The lowest BCUT2D eigenvalue weighted by Gasteiger charge is -2.24. The molecule has 9 rings (SSSR count). The number of ether oxygens (including phenoxy) is 1. The van der Waals surface area contributed by atoms with Gasteiger partial charge in [-0.2, -0.15) is 0 Å². The van der Waals surface area contributed by atoms with E-state index in [1.807, 2.05) is 43.3 Å². The maximum atomic E-state index is 12.9. The second-order valence-corrected chi connectivity index (χ2v) is 18.0. The number of rotatable bonds is 11. The fraction of sp³-hybridized carbons (Fsp3) is 0.415. The number of nitrogens with one attached hydrogen (secondary N) is 1. The molecule has 2 aromatic heterocycles. The minimum atomic E-state index is -3.65. The Labute approximate surface area is 339 Å². The Morgan fingerprint density at radius 2 is 1.81 bits per heavy atom. The molecule has 15 nitrogen and oxygen atoms in total. The van der Waals surface area contributed by atoms with Gasteiger partial charge in [-0.1, -0.05) is 41.9 Å². The number of benzene rings is 3. The Morgan fingerprint density at radius 1 is 1.05 bits per heavy atom. The molecular formula is C41H42ClN7O8S. The highest BCUT2D eigenvalue weighted by Gasteiger charge is 2.42. The van der Waals surface area contributed by atoms with Crippen molar-refractivity contribution in [1.82, 2.24) is 29.5 Å². The van der Waals surface area contributed by atoms with E-state index in [1.54, 1.807) is 19.4 Å². The Bertz CT molecular complexity index is 2600. The number of amides is 1. The van der Waals surface area contributed by atoms with Crippen molar-refractivity contribution >= 4 is 44.3 Å². The maximum Gasteiger partial charge on any atom is 0.317 e. The van der Waals surface area contributed by atoms with Crippen LogP contribution >= 0.6 is 11.6 Å². The number of fused-ring (bicyclic) bond motifs is 2. The summed E-state index contributed by atoms with van der Waals surface area (Å²) in [6.07, 6.45) is 4.79. The van der Waals surface area contributed by atoms with Crippen molar-refractivity contribution < 1.29 is 32.4 Å². The van der Waals surface area contributed by atoms with Gasteiger partial charge in [0, 0.05) is 48.9 Å². The highest BCUT2D eigenvalue weighted by Crippen LogP contribution is 2.47. The first-order chi connectivity index (χ1) is 27.9. The Balaban J connectivity index is 1.00. The van der Waals surface area contributed by atoms with Crippen LogP contribution in [0, 0.1) is 23.0 Å². The van der Waals surface area contributed by atoms with Crippen LogP contribution in [-0.4, -0.2) is 93.7 Å². The van der Waals surface area contributed by atoms with Crippen LogP contribution in [0.15, 0.2) is 53.1 Å². The van der Waals surface area contributed by atoms with Crippen molar-refractivity contribution in [2.24, 2.45) is 5.92 Å². The molecule has 0 unspecified atom stereocenters. The summed E-state index contributed by atoms with van der Waals surface area (Å²) in [6.45, 7) is 4.76. The number of sulfonamides is 1. The van der Waals surface area contributed by atoms with Gasteiger partial charge < -0.3 is 14.3 Å². The van der Waals surface area contributed by atoms with Crippen LogP contribution in [0.4, 0.5) is 5.69 Å². The lowest BCUT2D eigenvalue weighted by Crippen LogP contribution is -2.38. The molecule has 302 valence electrons. The number of hydrogen-bond donors (Lipinski definition) is 2. The number of likely N-dealkylation sites (tertiary alicyclic amines) is 2. The fourth-order valence-corrected chi connectivity index (χ4v) is 10.5. The quantitative estimate of drug-likeness (QED) is 0.117. The summed E-state index contributed by atoms with van der Waals surface area (Å²) in [6, 6.07) is 13.0. The number of aromatic nitrogens is 3. The average molecular weight is 828 g/mol. The van der Waals surface area contributed by atoms with E-state index in [0.29, 0.717) is 103 Å². The van der Waals surface area contributed by atoms with Crippen LogP contribution in [0.25, 0.3) is 44.9 Å². The first-order valence-electron chi connectivity index (χ1n) is 19.5. The molecule has 2 saturated heterocycles. The number of halogens is 1. The molecule has 2 aliphatic heterocycles. The molecule has 17 heteroatoms. The van der Waals surface area contributed by atoms with Crippen LogP contribution in [0.5, 0.6) is 5.88 Å². The molecule has 1 saturated carbocycles. The smallest absolute Gasteiger partial charge is 0.317 e. The lowest BCUT2D eigenvalue weighted by molar-refractivity contribution is -0.384. The number of β-amino-alcohol motifs (C(OH)–C–C–N with tert-alkyl or cyclic N) is 1. The van der Waals surface area contributed by atoms with Crippen LogP contribution in [-0.2, 0) is 27.8 Å². The SMILES string of the molecule is COc1nc(-c2cccc(-c3cccc(-c4nc5cc6c(c([N+](=O)[O-])c5o4)CC[C@H]6N4CC[C@@H](C(=O)NS(=O)(=O)C5CC5)C4)c3Cl)c2C)cnc1CN1CC[C@@H](O)C1. The highest BCUT2D eigenvalue weighted by atomic mass is 35.5. The minimum Gasteiger partial charge on any atom is -0.480 e. The number of aliphatic hydroxyl groups excluding tert-OH is 1. The van der Waals surface area contributed by atoms with Crippen molar-refractivity contribution in [3.63, 3.8) is 0 Å². The number of carbonyl (C=O) groups excluding carboxylic acids is 1. The molecule has 0 bridgehead atoms. The average Bonchev–Trinajstić information content (AvgIpc) is 3.46. The van der Waals surface area contributed by atoms with Gasteiger partial charge in [-0.05, 0) is 80.8 Å². The van der Waals surface area contributed by atoms with Gasteiger partial charge in [0.2, 0.25) is 33.3 Å². The zero-order valence-corrected chi connectivity index (χ0v) is 33.6. The summed E-state index contributed by atoms with van der Waals surface area (Å²) < 4.78 is 39.0. The van der Waals surface area contributed by atoms with E-state index in [1.165, 1.54) is 0 Å². The highest BCUT2D eigenvalue weighted by molar-refractivity contribution is 7.90. The molecule has 4 aliphatic rings.